The lowest BCUT2D eigenvalue weighted by Gasteiger charge is -2.04. The number of hydrogen-bond acceptors (Lipinski definition) is 7. The van der Waals surface area contributed by atoms with Gasteiger partial charge in [-0.25, -0.2) is 4.79 Å². The number of thioether (sulfide) groups is 1. The highest BCUT2D eigenvalue weighted by Crippen LogP contribution is 2.27. The first kappa shape index (κ1) is 14.0. The molecule has 0 aliphatic carbocycles. The SMILES string of the molecule is C=C(CSc1nnc(N(C)C)s1)C(=O)OCC. The second-order valence-corrected chi connectivity index (χ2v) is 5.54. The molecule has 0 radical (unpaired) electrons. The summed E-state index contributed by atoms with van der Waals surface area (Å²) in [6.07, 6.45) is 0. The van der Waals surface area contributed by atoms with Crippen molar-refractivity contribution in [3.8, 4) is 0 Å². The summed E-state index contributed by atoms with van der Waals surface area (Å²) >= 11 is 2.92. The van der Waals surface area contributed by atoms with Crippen LogP contribution in [0.3, 0.4) is 0 Å². The second kappa shape index (κ2) is 6.61. The van der Waals surface area contributed by atoms with Gasteiger partial charge in [0.2, 0.25) is 5.13 Å². The van der Waals surface area contributed by atoms with E-state index in [0.717, 1.165) is 9.47 Å². The molecule has 0 N–H and O–H groups in total. The van der Waals surface area contributed by atoms with Crippen molar-refractivity contribution in [2.75, 3.05) is 31.4 Å². The molecule has 0 aromatic carbocycles. The fourth-order valence-electron chi connectivity index (χ4n) is 0.883. The summed E-state index contributed by atoms with van der Waals surface area (Å²) in [4.78, 5) is 13.2. The molecular formula is C10H15N3O2S2. The summed E-state index contributed by atoms with van der Waals surface area (Å²) in [5, 5.41) is 8.86. The van der Waals surface area contributed by atoms with E-state index < -0.39 is 0 Å². The van der Waals surface area contributed by atoms with Gasteiger partial charge in [0.1, 0.15) is 0 Å². The molecule has 0 spiro atoms. The Labute approximate surface area is 109 Å². The van der Waals surface area contributed by atoms with Crippen LogP contribution in [-0.4, -0.2) is 42.6 Å². The smallest absolute Gasteiger partial charge is 0.334 e. The third-order valence-electron chi connectivity index (χ3n) is 1.71. The zero-order valence-electron chi connectivity index (χ0n) is 10.1. The molecule has 1 aromatic rings. The minimum atomic E-state index is -0.350. The summed E-state index contributed by atoms with van der Waals surface area (Å²) in [6.45, 7) is 5.82. The first-order valence-electron chi connectivity index (χ1n) is 5.03. The van der Waals surface area contributed by atoms with E-state index in [0.29, 0.717) is 17.9 Å². The first-order chi connectivity index (χ1) is 8.04. The van der Waals surface area contributed by atoms with E-state index in [9.17, 15) is 4.79 Å². The molecule has 7 heteroatoms. The standard InChI is InChI=1S/C10H15N3O2S2/c1-5-15-8(14)7(2)6-16-10-12-11-9(17-10)13(3)4/h2,5-6H2,1,3-4H3. The first-order valence-corrected chi connectivity index (χ1v) is 6.83. The van der Waals surface area contributed by atoms with Crippen LogP contribution in [0.5, 0.6) is 0 Å². The van der Waals surface area contributed by atoms with E-state index in [1.807, 2.05) is 19.0 Å². The summed E-state index contributed by atoms with van der Waals surface area (Å²) in [7, 11) is 3.82. The van der Waals surface area contributed by atoms with Crippen molar-refractivity contribution in [1.82, 2.24) is 10.2 Å². The van der Waals surface area contributed by atoms with Gasteiger partial charge in [-0.05, 0) is 6.92 Å². The molecule has 1 aromatic heterocycles. The Morgan fingerprint density at radius 2 is 2.24 bits per heavy atom. The van der Waals surface area contributed by atoms with Crippen LogP contribution in [-0.2, 0) is 9.53 Å². The van der Waals surface area contributed by atoms with E-state index in [-0.39, 0.29) is 5.97 Å². The van der Waals surface area contributed by atoms with Crippen molar-refractivity contribution in [2.24, 2.45) is 0 Å². The molecule has 0 aliphatic rings. The maximum atomic E-state index is 11.3. The Kier molecular flexibility index (Phi) is 5.43. The minimum absolute atomic E-state index is 0.350. The fraction of sp³-hybridized carbons (Fsp3) is 0.500. The molecule has 5 nitrogen and oxygen atoms in total. The van der Waals surface area contributed by atoms with Crippen molar-refractivity contribution in [3.05, 3.63) is 12.2 Å². The topological polar surface area (TPSA) is 55.3 Å². The number of ether oxygens (including phenoxy) is 1. The highest BCUT2D eigenvalue weighted by molar-refractivity contribution is 8.01. The Balaban J connectivity index is 2.44. The lowest BCUT2D eigenvalue weighted by molar-refractivity contribution is -0.138. The number of hydrogen-bond donors (Lipinski definition) is 0. The predicted molar refractivity (Wildman–Crippen MR) is 70.7 cm³/mol. The molecule has 0 bridgehead atoms. The van der Waals surface area contributed by atoms with E-state index in [2.05, 4.69) is 16.8 Å². The molecule has 0 fully saturated rings. The summed E-state index contributed by atoms with van der Waals surface area (Å²) in [6, 6.07) is 0. The van der Waals surface area contributed by atoms with Crippen LogP contribution in [0.25, 0.3) is 0 Å². The van der Waals surface area contributed by atoms with E-state index in [4.69, 9.17) is 4.74 Å². The molecule has 0 amide bonds. The van der Waals surface area contributed by atoms with Crippen LogP contribution in [0.2, 0.25) is 0 Å². The van der Waals surface area contributed by atoms with Gasteiger partial charge in [-0.15, -0.1) is 10.2 Å². The van der Waals surface area contributed by atoms with Gasteiger partial charge in [0.15, 0.2) is 4.34 Å². The van der Waals surface area contributed by atoms with Crippen LogP contribution in [0.1, 0.15) is 6.92 Å². The van der Waals surface area contributed by atoms with Crippen molar-refractivity contribution in [2.45, 2.75) is 11.3 Å². The predicted octanol–water partition coefficient (Wildman–Crippen LogP) is 1.82. The summed E-state index contributed by atoms with van der Waals surface area (Å²) < 4.78 is 5.66. The molecule has 0 saturated carbocycles. The second-order valence-electron chi connectivity index (χ2n) is 3.36. The lowest BCUT2D eigenvalue weighted by Crippen LogP contribution is -2.08. The van der Waals surface area contributed by atoms with Gasteiger partial charge in [0.05, 0.1) is 6.61 Å². The third-order valence-corrected chi connectivity index (χ3v) is 4.02. The van der Waals surface area contributed by atoms with Crippen LogP contribution in [0.4, 0.5) is 5.13 Å². The third kappa shape index (κ3) is 4.35. The van der Waals surface area contributed by atoms with Gasteiger partial charge >= 0.3 is 5.97 Å². The molecule has 0 saturated heterocycles. The number of anilines is 1. The Bertz CT molecular complexity index is 404. The number of carbonyl (C=O) groups excluding carboxylic acids is 1. The van der Waals surface area contributed by atoms with Crippen LogP contribution < -0.4 is 4.90 Å². The lowest BCUT2D eigenvalue weighted by atomic mass is 10.4. The van der Waals surface area contributed by atoms with Gasteiger partial charge < -0.3 is 9.64 Å². The van der Waals surface area contributed by atoms with Gasteiger partial charge in [0.25, 0.3) is 0 Å². The van der Waals surface area contributed by atoms with Gasteiger partial charge in [-0.3, -0.25) is 0 Å². The molecule has 0 unspecified atom stereocenters. The molecule has 1 heterocycles. The van der Waals surface area contributed by atoms with E-state index in [1.54, 1.807) is 6.92 Å². The summed E-state index contributed by atoms with van der Waals surface area (Å²) in [5.74, 6) is 0.123. The number of esters is 1. The molecular weight excluding hydrogens is 258 g/mol. The maximum absolute atomic E-state index is 11.3. The van der Waals surface area contributed by atoms with Gasteiger partial charge in [-0.1, -0.05) is 29.7 Å². The van der Waals surface area contributed by atoms with Crippen molar-refractivity contribution in [1.29, 1.82) is 0 Å². The molecule has 0 atom stereocenters. The zero-order chi connectivity index (χ0) is 12.8. The largest absolute Gasteiger partial charge is 0.463 e. The molecule has 0 aliphatic heterocycles. The Morgan fingerprint density at radius 3 is 2.76 bits per heavy atom. The quantitative estimate of drug-likeness (QED) is 0.448. The number of nitrogens with zero attached hydrogens (tertiary/aromatic N) is 3. The van der Waals surface area contributed by atoms with Crippen molar-refractivity contribution >= 4 is 34.2 Å². The van der Waals surface area contributed by atoms with Gasteiger partial charge in [-0.2, -0.15) is 0 Å². The monoisotopic (exact) mass is 273 g/mol. The van der Waals surface area contributed by atoms with Crippen LogP contribution in [0, 0.1) is 0 Å². The highest BCUT2D eigenvalue weighted by Gasteiger charge is 2.11. The number of carbonyl (C=O) groups is 1. The minimum Gasteiger partial charge on any atom is -0.463 e. The Morgan fingerprint density at radius 1 is 1.53 bits per heavy atom. The average molecular weight is 273 g/mol. The van der Waals surface area contributed by atoms with Crippen molar-refractivity contribution in [3.63, 3.8) is 0 Å². The molecule has 94 valence electrons. The summed E-state index contributed by atoms with van der Waals surface area (Å²) in [5.41, 5.74) is 0.443. The molecule has 1 rings (SSSR count). The van der Waals surface area contributed by atoms with E-state index >= 15 is 0 Å². The number of aromatic nitrogens is 2. The molecule has 17 heavy (non-hydrogen) atoms. The van der Waals surface area contributed by atoms with E-state index in [1.165, 1.54) is 23.1 Å². The number of rotatable bonds is 6. The maximum Gasteiger partial charge on any atom is 0.334 e. The normalized spacial score (nSPS) is 10.1. The highest BCUT2D eigenvalue weighted by atomic mass is 32.2. The van der Waals surface area contributed by atoms with Crippen molar-refractivity contribution < 1.29 is 9.53 Å². The van der Waals surface area contributed by atoms with Crippen LogP contribution in [0.15, 0.2) is 16.5 Å². The average Bonchev–Trinajstić information content (AvgIpc) is 2.75. The van der Waals surface area contributed by atoms with Gasteiger partial charge in [0, 0.05) is 25.4 Å². The fourth-order valence-corrected chi connectivity index (χ4v) is 2.53. The Hall–Kier alpha value is -1.08. The van der Waals surface area contributed by atoms with Crippen LogP contribution >= 0.6 is 23.1 Å². The zero-order valence-corrected chi connectivity index (χ0v) is 11.7.